The van der Waals surface area contributed by atoms with Crippen molar-refractivity contribution in [3.05, 3.63) is 57.2 Å². The molecule has 68 valence electrons. The van der Waals surface area contributed by atoms with Gasteiger partial charge in [-0.3, -0.25) is 0 Å². The van der Waals surface area contributed by atoms with Crippen LogP contribution in [0.2, 0.25) is 0 Å². The molecule has 1 aliphatic carbocycles. The highest BCUT2D eigenvalue weighted by atomic mass is 127. The molecule has 2 rings (SSSR count). The largest absolute Gasteiger partial charge is 0.0795 e. The minimum Gasteiger partial charge on any atom is -0.0795 e. The second-order valence-corrected chi connectivity index (χ2v) is 4.30. The Balaban J connectivity index is 2.21. The monoisotopic (exact) mass is 292 g/mol. The topological polar surface area (TPSA) is 0 Å². The van der Waals surface area contributed by atoms with E-state index >= 15 is 0 Å². The molecule has 0 aliphatic heterocycles. The maximum absolute atomic E-state index is 3.15. The zero-order valence-corrected chi connectivity index (χ0v) is 9.78. The standard InChI is InChI=1S/C13H9I/c14-13-7-3-6-12(10-13)9-8-11-4-1-2-5-11/h1,3-7,10H,2H2. The summed E-state index contributed by atoms with van der Waals surface area (Å²) in [5.74, 6) is 6.30. The normalized spacial score (nSPS) is 13.4. The maximum Gasteiger partial charge on any atom is 0.0259 e. The maximum atomic E-state index is 3.15. The van der Waals surface area contributed by atoms with Crippen LogP contribution in [0.3, 0.4) is 0 Å². The van der Waals surface area contributed by atoms with Gasteiger partial charge in [0.2, 0.25) is 0 Å². The molecule has 1 aromatic carbocycles. The molecule has 1 aromatic rings. The fourth-order valence-corrected chi connectivity index (χ4v) is 1.80. The molecule has 0 N–H and O–H groups in total. The first kappa shape index (κ1) is 9.54. The fourth-order valence-electron chi connectivity index (χ4n) is 1.26. The van der Waals surface area contributed by atoms with Gasteiger partial charge < -0.3 is 0 Å². The van der Waals surface area contributed by atoms with Gasteiger partial charge in [0.1, 0.15) is 0 Å². The number of halogens is 1. The van der Waals surface area contributed by atoms with Crippen LogP contribution < -0.4 is 0 Å². The summed E-state index contributed by atoms with van der Waals surface area (Å²) in [4.78, 5) is 0. The summed E-state index contributed by atoms with van der Waals surface area (Å²) in [5.41, 5.74) is 2.21. The molecular weight excluding hydrogens is 283 g/mol. The molecule has 0 spiro atoms. The summed E-state index contributed by atoms with van der Waals surface area (Å²) in [6, 6.07) is 8.23. The summed E-state index contributed by atoms with van der Waals surface area (Å²) < 4.78 is 1.23. The molecule has 0 radical (unpaired) electrons. The second kappa shape index (κ2) is 4.47. The lowest BCUT2D eigenvalue weighted by Gasteiger charge is -1.90. The number of allylic oxidation sites excluding steroid dienone is 4. The third-order valence-corrected chi connectivity index (χ3v) is 2.62. The summed E-state index contributed by atoms with van der Waals surface area (Å²) >= 11 is 2.30. The molecule has 0 heterocycles. The van der Waals surface area contributed by atoms with Crippen molar-refractivity contribution in [2.75, 3.05) is 0 Å². The van der Waals surface area contributed by atoms with Crippen LogP contribution in [0.5, 0.6) is 0 Å². The molecule has 0 fully saturated rings. The average molecular weight is 292 g/mol. The minimum absolute atomic E-state index is 1.02. The van der Waals surface area contributed by atoms with Gasteiger partial charge in [0.25, 0.3) is 0 Å². The zero-order valence-electron chi connectivity index (χ0n) is 7.63. The van der Waals surface area contributed by atoms with E-state index < -0.39 is 0 Å². The van der Waals surface area contributed by atoms with Gasteiger partial charge in [0.05, 0.1) is 0 Å². The molecular formula is C13H9I. The molecule has 0 saturated carbocycles. The van der Waals surface area contributed by atoms with Gasteiger partial charge in [-0.1, -0.05) is 36.1 Å². The van der Waals surface area contributed by atoms with Gasteiger partial charge >= 0.3 is 0 Å². The summed E-state index contributed by atoms with van der Waals surface area (Å²) in [6.07, 6.45) is 7.36. The number of hydrogen-bond donors (Lipinski definition) is 0. The van der Waals surface area contributed by atoms with Crippen molar-refractivity contribution < 1.29 is 0 Å². The SMILES string of the molecule is Ic1cccc(C#CC2=CCC=C2)c1. The van der Waals surface area contributed by atoms with Crippen LogP contribution in [0, 0.1) is 15.4 Å². The number of rotatable bonds is 0. The van der Waals surface area contributed by atoms with E-state index in [1.807, 2.05) is 12.1 Å². The van der Waals surface area contributed by atoms with Crippen LogP contribution in [-0.4, -0.2) is 0 Å². The van der Waals surface area contributed by atoms with Gasteiger partial charge in [0, 0.05) is 14.7 Å². The lowest BCUT2D eigenvalue weighted by molar-refractivity contribution is 1.44. The van der Waals surface area contributed by atoms with Gasteiger partial charge in [-0.05, 0) is 47.2 Å². The van der Waals surface area contributed by atoms with Crippen molar-refractivity contribution in [1.82, 2.24) is 0 Å². The molecule has 0 aromatic heterocycles. The highest BCUT2D eigenvalue weighted by molar-refractivity contribution is 14.1. The summed E-state index contributed by atoms with van der Waals surface area (Å²) in [6.45, 7) is 0. The Morgan fingerprint density at radius 2 is 2.14 bits per heavy atom. The van der Waals surface area contributed by atoms with Gasteiger partial charge in [0.15, 0.2) is 0 Å². The van der Waals surface area contributed by atoms with Gasteiger partial charge in [-0.2, -0.15) is 0 Å². The van der Waals surface area contributed by atoms with Crippen LogP contribution in [0.15, 0.2) is 48.1 Å². The van der Waals surface area contributed by atoms with Crippen LogP contribution in [-0.2, 0) is 0 Å². The molecule has 14 heavy (non-hydrogen) atoms. The Morgan fingerprint density at radius 3 is 2.86 bits per heavy atom. The summed E-state index contributed by atoms with van der Waals surface area (Å²) in [5, 5.41) is 0. The van der Waals surface area contributed by atoms with E-state index in [0.29, 0.717) is 0 Å². The Labute approximate surface area is 97.9 Å². The highest BCUT2D eigenvalue weighted by Gasteiger charge is 1.92. The van der Waals surface area contributed by atoms with Crippen molar-refractivity contribution in [3.8, 4) is 11.8 Å². The van der Waals surface area contributed by atoms with E-state index in [1.165, 1.54) is 3.57 Å². The predicted octanol–water partition coefficient (Wildman–Crippen LogP) is 3.53. The van der Waals surface area contributed by atoms with Crippen LogP contribution in [0.4, 0.5) is 0 Å². The molecule has 1 heteroatoms. The van der Waals surface area contributed by atoms with Crippen molar-refractivity contribution >= 4 is 22.6 Å². The zero-order chi connectivity index (χ0) is 9.80. The first-order valence-corrected chi connectivity index (χ1v) is 5.57. The Bertz CT molecular complexity index is 456. The Hall–Kier alpha value is -1.01. The number of benzene rings is 1. The van der Waals surface area contributed by atoms with E-state index in [-0.39, 0.29) is 0 Å². The highest BCUT2D eigenvalue weighted by Crippen LogP contribution is 2.09. The Kier molecular flexibility index (Phi) is 3.05. The minimum atomic E-state index is 1.02. The van der Waals surface area contributed by atoms with Gasteiger partial charge in [-0.25, -0.2) is 0 Å². The average Bonchev–Trinajstić information content (AvgIpc) is 2.67. The first-order valence-electron chi connectivity index (χ1n) is 4.49. The van der Waals surface area contributed by atoms with E-state index in [1.54, 1.807) is 0 Å². The third kappa shape index (κ3) is 2.49. The molecule has 0 unspecified atom stereocenters. The molecule has 0 amide bonds. The van der Waals surface area contributed by atoms with E-state index in [9.17, 15) is 0 Å². The lowest BCUT2D eigenvalue weighted by Crippen LogP contribution is -1.76. The van der Waals surface area contributed by atoms with Crippen LogP contribution in [0.25, 0.3) is 0 Å². The summed E-state index contributed by atoms with van der Waals surface area (Å²) in [7, 11) is 0. The third-order valence-electron chi connectivity index (χ3n) is 1.95. The second-order valence-electron chi connectivity index (χ2n) is 3.06. The van der Waals surface area contributed by atoms with Crippen LogP contribution in [0.1, 0.15) is 12.0 Å². The lowest BCUT2D eigenvalue weighted by atomic mass is 10.2. The molecule has 0 nitrogen and oxygen atoms in total. The van der Waals surface area contributed by atoms with E-state index in [2.05, 4.69) is 64.8 Å². The smallest absolute Gasteiger partial charge is 0.0259 e. The first-order chi connectivity index (χ1) is 6.84. The van der Waals surface area contributed by atoms with Crippen molar-refractivity contribution in [2.24, 2.45) is 0 Å². The number of hydrogen-bond acceptors (Lipinski definition) is 0. The van der Waals surface area contributed by atoms with E-state index in [4.69, 9.17) is 0 Å². The Morgan fingerprint density at radius 1 is 1.21 bits per heavy atom. The predicted molar refractivity (Wildman–Crippen MR) is 67.9 cm³/mol. The molecule has 1 aliphatic rings. The van der Waals surface area contributed by atoms with Gasteiger partial charge in [-0.15, -0.1) is 0 Å². The van der Waals surface area contributed by atoms with Crippen LogP contribution >= 0.6 is 22.6 Å². The van der Waals surface area contributed by atoms with Crippen molar-refractivity contribution in [2.45, 2.75) is 6.42 Å². The molecule has 0 bridgehead atoms. The van der Waals surface area contributed by atoms with Crippen molar-refractivity contribution in [3.63, 3.8) is 0 Å². The molecule has 0 atom stereocenters. The quantitative estimate of drug-likeness (QED) is 0.507. The molecule has 0 saturated heterocycles. The fraction of sp³-hybridized carbons (Fsp3) is 0.0769. The van der Waals surface area contributed by atoms with E-state index in [0.717, 1.165) is 17.6 Å². The van der Waals surface area contributed by atoms with Crippen molar-refractivity contribution in [1.29, 1.82) is 0 Å².